The summed E-state index contributed by atoms with van der Waals surface area (Å²) in [5.74, 6) is -11.9. The van der Waals surface area contributed by atoms with E-state index < -0.39 is 173 Å². The van der Waals surface area contributed by atoms with E-state index in [-0.39, 0.29) is 145 Å². The van der Waals surface area contributed by atoms with Crippen LogP contribution in [0.15, 0.2) is 9.98 Å². The summed E-state index contributed by atoms with van der Waals surface area (Å²) in [5, 5.41) is 39.5. The van der Waals surface area contributed by atoms with Crippen molar-refractivity contribution in [3.05, 3.63) is 0 Å². The number of carbonyl (C=O) groups excluding carboxylic acids is 13. The lowest BCUT2D eigenvalue weighted by Crippen LogP contribution is -2.61. The number of carboxylic acid groups (broad SMARTS) is 1. The van der Waals surface area contributed by atoms with Crippen molar-refractivity contribution in [2.45, 2.75) is 290 Å². The Kier molecular flexibility index (Phi) is 43.4. The third kappa shape index (κ3) is 35.1. The molecule has 2 rings (SSSR count). The summed E-state index contributed by atoms with van der Waals surface area (Å²) in [6.07, 6.45) is 4.43. The largest absolute Gasteiger partial charge is 0.480 e. The number of nitrogens with two attached hydrogens (primary N) is 7. The van der Waals surface area contributed by atoms with Gasteiger partial charge < -0.3 is 114 Å². The first kappa shape index (κ1) is 96.1. The lowest BCUT2D eigenvalue weighted by molar-refractivity contribution is -0.149. The van der Waals surface area contributed by atoms with E-state index in [1.807, 2.05) is 55.4 Å². The molecule has 0 saturated carbocycles. The molecule has 2 fully saturated rings. The lowest BCUT2D eigenvalue weighted by Gasteiger charge is -2.31. The molecule has 37 nitrogen and oxygen atoms in total. The molecule has 2 aliphatic rings. The molecule has 0 aromatic rings. The summed E-state index contributed by atoms with van der Waals surface area (Å²) in [6, 6.07) is -16.7. The van der Waals surface area contributed by atoms with Crippen molar-refractivity contribution in [2.24, 2.45) is 79.7 Å². The second kappa shape index (κ2) is 49.2. The quantitative estimate of drug-likeness (QED) is 0.0164. The highest BCUT2D eigenvalue weighted by molar-refractivity contribution is 6.00. The van der Waals surface area contributed by atoms with Gasteiger partial charge in [-0.2, -0.15) is 0 Å². The van der Waals surface area contributed by atoms with Gasteiger partial charge in [0.25, 0.3) is 0 Å². The molecule has 620 valence electrons. The van der Waals surface area contributed by atoms with E-state index in [0.717, 1.165) is 0 Å². The maximum Gasteiger partial charge on any atom is 0.326 e. The zero-order chi connectivity index (χ0) is 82.5. The molecule has 26 N–H and O–H groups in total. The molecule has 0 radical (unpaired) electrons. The number of carbonyl (C=O) groups is 14. The van der Waals surface area contributed by atoms with Crippen LogP contribution in [0.2, 0.25) is 0 Å². The Morgan fingerprint density at radius 2 is 0.716 bits per heavy atom. The van der Waals surface area contributed by atoms with Crippen LogP contribution in [0.1, 0.15) is 206 Å². The van der Waals surface area contributed by atoms with Gasteiger partial charge in [0.15, 0.2) is 11.9 Å². The minimum absolute atomic E-state index is 0.0356. The Morgan fingerprint density at radius 1 is 0.376 bits per heavy atom. The summed E-state index contributed by atoms with van der Waals surface area (Å²) in [5.41, 5.74) is 39.7. The molecular weight excluding hydrogens is 1410 g/mol. The number of hydrogen-bond donors (Lipinski definition) is 19. The maximum atomic E-state index is 14.7. The third-order valence-corrected chi connectivity index (χ3v) is 18.5. The van der Waals surface area contributed by atoms with Crippen molar-refractivity contribution in [3.8, 4) is 0 Å². The molecule has 109 heavy (non-hydrogen) atoms. The summed E-state index contributed by atoms with van der Waals surface area (Å²) in [6.45, 7) is 23.3. The number of guanidine groups is 2. The van der Waals surface area contributed by atoms with Crippen LogP contribution in [0.3, 0.4) is 0 Å². The van der Waals surface area contributed by atoms with Crippen LogP contribution in [-0.4, -0.2) is 233 Å². The van der Waals surface area contributed by atoms with Crippen molar-refractivity contribution in [2.75, 3.05) is 39.3 Å². The number of carboxylic acids is 1. The molecular formula is C72H132N22O15. The van der Waals surface area contributed by atoms with Crippen molar-refractivity contribution < 1.29 is 72.2 Å². The summed E-state index contributed by atoms with van der Waals surface area (Å²) in [4.78, 5) is 205. The number of aliphatic carboxylic acids is 1. The number of amides is 13. The SMILES string of the molecule is CC(C)C[C@H](NC(=O)[C@H](C)NC(=O)[C@H](CC(C)C)NC(=O)[C@H](CC(C)C)NC(=O)[C@@H](NC(=O)[C@H](C)NC(=O)[C@@H]1CCCN1C(=O)[C@H](CCCCN)NC(=O)[C@H](CCCCN)NC(=O)[C@H](CCCN=C(N)N)NC(=O)[C@@H](N)CCCN=C(N)N)C(C)C)C(=O)N[C@@H](CC(C)C)C(=O)N[C@@H](C)C(=O)N1CCC[C@H]1C(=O)O. The predicted molar refractivity (Wildman–Crippen MR) is 412 cm³/mol. The van der Waals surface area contributed by atoms with E-state index >= 15 is 0 Å². The highest BCUT2D eigenvalue weighted by Crippen LogP contribution is 2.23. The van der Waals surface area contributed by atoms with Crippen LogP contribution in [0.25, 0.3) is 0 Å². The average Bonchev–Trinajstić information content (AvgIpc) is 1.32. The average molecular weight is 1550 g/mol. The highest BCUT2D eigenvalue weighted by Gasteiger charge is 2.42. The van der Waals surface area contributed by atoms with Crippen LogP contribution < -0.4 is 98.6 Å². The van der Waals surface area contributed by atoms with Gasteiger partial charge in [-0.05, 0) is 179 Å². The first-order valence-electron chi connectivity index (χ1n) is 38.6. The number of aliphatic imine (C=N–C) groups is 2. The number of hydrogen-bond acceptors (Lipinski definition) is 19. The fourth-order valence-corrected chi connectivity index (χ4v) is 12.7. The van der Waals surface area contributed by atoms with Gasteiger partial charge in [-0.15, -0.1) is 0 Å². The van der Waals surface area contributed by atoms with Crippen molar-refractivity contribution >= 4 is 94.7 Å². The van der Waals surface area contributed by atoms with Crippen LogP contribution >= 0.6 is 0 Å². The predicted octanol–water partition coefficient (Wildman–Crippen LogP) is -3.02. The molecule has 0 aromatic heterocycles. The number of likely N-dealkylation sites (tertiary alicyclic amines) is 2. The van der Waals surface area contributed by atoms with Gasteiger partial charge in [-0.3, -0.25) is 72.3 Å². The Hall–Kier alpha value is -9.00. The Bertz CT molecular complexity index is 3070. The topological polar surface area (TPSA) is 605 Å². The second-order valence-corrected chi connectivity index (χ2v) is 30.7. The molecule has 2 aliphatic heterocycles. The summed E-state index contributed by atoms with van der Waals surface area (Å²) >= 11 is 0. The van der Waals surface area contributed by atoms with Crippen molar-refractivity contribution in [1.82, 2.24) is 68.3 Å². The second-order valence-electron chi connectivity index (χ2n) is 30.7. The first-order chi connectivity index (χ1) is 51.1. The fraction of sp³-hybridized carbons (Fsp3) is 0.778. The minimum Gasteiger partial charge on any atom is -0.480 e. The molecule has 2 heterocycles. The number of nitrogens with one attached hydrogen (secondary N) is 11. The molecule has 37 heteroatoms. The number of rotatable bonds is 50. The van der Waals surface area contributed by atoms with Gasteiger partial charge >= 0.3 is 5.97 Å². The highest BCUT2D eigenvalue weighted by atomic mass is 16.4. The number of nitrogens with zero attached hydrogens (tertiary/aromatic N) is 4. The van der Waals surface area contributed by atoms with Gasteiger partial charge in [-0.1, -0.05) is 69.2 Å². The molecule has 0 unspecified atom stereocenters. The zero-order valence-electron chi connectivity index (χ0n) is 66.4. The van der Waals surface area contributed by atoms with Crippen LogP contribution in [-0.2, 0) is 67.1 Å². The van der Waals surface area contributed by atoms with Crippen LogP contribution in [0, 0.1) is 29.6 Å². The van der Waals surface area contributed by atoms with E-state index in [9.17, 15) is 72.2 Å². The molecule has 0 aromatic carbocycles. The first-order valence-corrected chi connectivity index (χ1v) is 38.6. The monoisotopic (exact) mass is 1550 g/mol. The van der Waals surface area contributed by atoms with Gasteiger partial charge in [0.1, 0.15) is 78.5 Å². The molecule has 0 bridgehead atoms. The van der Waals surface area contributed by atoms with Crippen LogP contribution in [0.4, 0.5) is 0 Å². The van der Waals surface area contributed by atoms with E-state index in [1.54, 1.807) is 13.8 Å². The molecule has 0 aliphatic carbocycles. The Balaban J connectivity index is 2.30. The zero-order valence-corrected chi connectivity index (χ0v) is 66.4. The van der Waals surface area contributed by atoms with Gasteiger partial charge in [0.05, 0.1) is 6.04 Å². The molecule has 14 atom stereocenters. The summed E-state index contributed by atoms with van der Waals surface area (Å²) in [7, 11) is 0. The minimum atomic E-state index is -1.29. The lowest BCUT2D eigenvalue weighted by atomic mass is 9.98. The molecule has 2 saturated heterocycles. The maximum absolute atomic E-state index is 14.7. The van der Waals surface area contributed by atoms with E-state index in [1.165, 1.54) is 30.6 Å². The number of unbranched alkanes of at least 4 members (excludes halogenated alkanes) is 2. The molecule has 0 spiro atoms. The fourth-order valence-electron chi connectivity index (χ4n) is 12.7. The third-order valence-electron chi connectivity index (χ3n) is 18.5. The smallest absolute Gasteiger partial charge is 0.326 e. The van der Waals surface area contributed by atoms with Crippen molar-refractivity contribution in [3.63, 3.8) is 0 Å². The van der Waals surface area contributed by atoms with Gasteiger partial charge in [-0.25, -0.2) is 4.79 Å². The standard InChI is InChI=1S/C72H132N22O15/c1-38(2)34-50(62(100)82-43(11)57(95)88-52(36-40(5)6)64(102)90-51(35-39(3)4)63(101)84-45(13)68(106)94-33-21-27-55(94)70(108)109)89-65(103)53(37-41(7)8)91-67(105)56(42(9)10)92-58(96)44(12)83-66(104)54-26-20-32-93(54)69(107)49(24-15-17-29-74)87-61(99)47(23-14-16-28-73)86-60(98)48(25-19-31-81-72(78)79)85-59(97)46(75)22-18-30-80-71(76)77/h38-56H,14-37,73-75H2,1-13H3,(H,82,100)(H,83,104)(H,84,101)(H,85,97)(H,86,98)(H,87,99)(H,88,95)(H,89,103)(H,90,102)(H,91,105)(H,92,96)(H,108,109)(H4,76,77,80)(H4,78,79,81)/t43-,44-,45-,46-,47-,48-,49-,50-,51-,52-,53-,54-,55-,56-/m0/s1. The summed E-state index contributed by atoms with van der Waals surface area (Å²) < 4.78 is 0. The van der Waals surface area contributed by atoms with E-state index in [2.05, 4.69) is 68.5 Å². The van der Waals surface area contributed by atoms with Crippen LogP contribution in [0.5, 0.6) is 0 Å². The van der Waals surface area contributed by atoms with E-state index in [0.29, 0.717) is 44.9 Å². The normalized spacial score (nSPS) is 17.5. The Labute approximate surface area is 641 Å². The Morgan fingerprint density at radius 3 is 1.15 bits per heavy atom. The molecule has 13 amide bonds. The van der Waals surface area contributed by atoms with Gasteiger partial charge in [0, 0.05) is 26.2 Å². The van der Waals surface area contributed by atoms with E-state index in [4.69, 9.17) is 40.1 Å². The van der Waals surface area contributed by atoms with Gasteiger partial charge in [0.2, 0.25) is 76.8 Å². The van der Waals surface area contributed by atoms with Crippen molar-refractivity contribution in [1.29, 1.82) is 0 Å².